The third kappa shape index (κ3) is 3.52. The predicted molar refractivity (Wildman–Crippen MR) is 118 cm³/mol. The second-order valence-electron chi connectivity index (χ2n) is 7.72. The Morgan fingerprint density at radius 2 is 1.55 bits per heavy atom. The van der Waals surface area contributed by atoms with Gasteiger partial charge in [-0.2, -0.15) is 5.10 Å². The molecule has 0 unspecified atom stereocenters. The molecule has 1 fully saturated rings. The third-order valence-corrected chi connectivity index (χ3v) is 5.79. The van der Waals surface area contributed by atoms with E-state index in [-0.39, 0.29) is 0 Å². The molecule has 2 heterocycles. The topological polar surface area (TPSA) is 32.0 Å². The lowest BCUT2D eigenvalue weighted by Crippen LogP contribution is -2.45. The summed E-state index contributed by atoms with van der Waals surface area (Å²) in [6.07, 6.45) is 5.62. The Hall–Kier alpha value is -3.11. The van der Waals surface area contributed by atoms with Gasteiger partial charge in [0.25, 0.3) is 0 Å². The van der Waals surface area contributed by atoms with E-state index in [4.69, 9.17) is 4.42 Å². The van der Waals surface area contributed by atoms with Crippen molar-refractivity contribution in [2.24, 2.45) is 5.10 Å². The molecular formula is C25H25N3O. The molecule has 146 valence electrons. The highest BCUT2D eigenvalue weighted by Gasteiger charge is 2.33. The van der Waals surface area contributed by atoms with Gasteiger partial charge in [0.1, 0.15) is 5.76 Å². The molecule has 5 rings (SSSR count). The van der Waals surface area contributed by atoms with E-state index in [1.54, 1.807) is 6.26 Å². The van der Waals surface area contributed by atoms with Crippen molar-refractivity contribution in [3.63, 3.8) is 0 Å². The maximum Gasteiger partial charge on any atom is 0.126 e. The molecule has 1 aromatic heterocycles. The highest BCUT2D eigenvalue weighted by atomic mass is 16.3. The minimum absolute atomic E-state index is 0.356. The van der Waals surface area contributed by atoms with Crippen LogP contribution in [0.3, 0.4) is 0 Å². The maximum atomic E-state index is 5.37. The molecule has 1 saturated heterocycles. The first kappa shape index (κ1) is 18.0. The zero-order valence-electron chi connectivity index (χ0n) is 16.7. The Kier molecular flexibility index (Phi) is 4.78. The number of allylic oxidation sites excluding steroid dienone is 1. The number of hydrogen-bond acceptors (Lipinski definition) is 4. The number of nitrogens with zero attached hydrogens (tertiary/aromatic N) is 3. The van der Waals surface area contributed by atoms with Crippen LogP contribution in [0.25, 0.3) is 17.2 Å². The zero-order chi connectivity index (χ0) is 19.6. The summed E-state index contributed by atoms with van der Waals surface area (Å²) < 4.78 is 5.37. The van der Waals surface area contributed by atoms with E-state index in [0.717, 1.165) is 37.5 Å². The standard InChI is InChI=1S/C25H25N3O/c1-19(17-20-7-6-16-29-20)18-26-28-14-12-27(13-15-28)25-23-10-4-2-8-21(23)22-9-3-5-11-24(22)25/h2-11,16-18,25H,12-15H2,1H3/b19-17-,26-18+. The smallest absolute Gasteiger partial charge is 0.126 e. The molecule has 0 amide bonds. The summed E-state index contributed by atoms with van der Waals surface area (Å²) in [7, 11) is 0. The number of piperazine rings is 1. The molecule has 4 heteroatoms. The molecule has 1 aliphatic carbocycles. The summed E-state index contributed by atoms with van der Waals surface area (Å²) >= 11 is 0. The van der Waals surface area contributed by atoms with E-state index in [1.807, 2.05) is 24.4 Å². The van der Waals surface area contributed by atoms with Crippen LogP contribution in [-0.4, -0.2) is 42.3 Å². The van der Waals surface area contributed by atoms with E-state index >= 15 is 0 Å². The van der Waals surface area contributed by atoms with Crippen molar-refractivity contribution in [2.45, 2.75) is 13.0 Å². The molecule has 0 N–H and O–H groups in total. The van der Waals surface area contributed by atoms with Crippen molar-refractivity contribution in [1.29, 1.82) is 0 Å². The Labute approximate surface area is 171 Å². The summed E-state index contributed by atoms with van der Waals surface area (Å²) in [4.78, 5) is 2.60. The third-order valence-electron chi connectivity index (χ3n) is 5.79. The summed E-state index contributed by atoms with van der Waals surface area (Å²) in [6.45, 7) is 5.93. The second-order valence-corrected chi connectivity index (χ2v) is 7.72. The Morgan fingerprint density at radius 1 is 0.897 bits per heavy atom. The SMILES string of the molecule is CC(=C/c1ccco1)/C=N/N1CCN(C2c3ccccc3-c3ccccc32)CC1. The average Bonchev–Trinajstić information content (AvgIpc) is 3.38. The molecule has 0 bridgehead atoms. The molecular weight excluding hydrogens is 358 g/mol. The van der Waals surface area contributed by atoms with Crippen molar-refractivity contribution in [3.8, 4) is 11.1 Å². The van der Waals surface area contributed by atoms with Gasteiger partial charge < -0.3 is 4.42 Å². The van der Waals surface area contributed by atoms with E-state index in [2.05, 4.69) is 70.5 Å². The first-order valence-corrected chi connectivity index (χ1v) is 10.2. The second kappa shape index (κ2) is 7.72. The molecule has 0 atom stereocenters. The highest BCUT2D eigenvalue weighted by molar-refractivity contribution is 5.84. The zero-order valence-corrected chi connectivity index (χ0v) is 16.7. The monoisotopic (exact) mass is 383 g/mol. The molecule has 2 aromatic carbocycles. The lowest BCUT2D eigenvalue weighted by molar-refractivity contribution is 0.114. The van der Waals surface area contributed by atoms with Gasteiger partial charge in [-0.15, -0.1) is 0 Å². The minimum Gasteiger partial charge on any atom is -0.465 e. The fraction of sp³-hybridized carbons (Fsp3) is 0.240. The number of rotatable bonds is 4. The summed E-state index contributed by atoms with van der Waals surface area (Å²) in [6, 6.07) is 21.9. The van der Waals surface area contributed by atoms with E-state index < -0.39 is 0 Å². The van der Waals surface area contributed by atoms with Crippen LogP contribution in [-0.2, 0) is 0 Å². The molecule has 4 nitrogen and oxygen atoms in total. The number of fused-ring (bicyclic) bond motifs is 3. The number of benzene rings is 2. The fourth-order valence-electron chi connectivity index (χ4n) is 4.42. The maximum absolute atomic E-state index is 5.37. The Bertz CT molecular complexity index is 998. The predicted octanol–water partition coefficient (Wildman–Crippen LogP) is 5.06. The van der Waals surface area contributed by atoms with Crippen molar-refractivity contribution >= 4 is 12.3 Å². The van der Waals surface area contributed by atoms with Gasteiger partial charge >= 0.3 is 0 Å². The molecule has 0 spiro atoms. The van der Waals surface area contributed by atoms with Gasteiger partial charge in [0, 0.05) is 26.2 Å². The molecule has 2 aliphatic rings. The largest absolute Gasteiger partial charge is 0.465 e. The van der Waals surface area contributed by atoms with Crippen LogP contribution in [0, 0.1) is 0 Å². The van der Waals surface area contributed by atoms with Crippen LogP contribution in [0.4, 0.5) is 0 Å². The van der Waals surface area contributed by atoms with Gasteiger partial charge in [0.15, 0.2) is 0 Å². The first-order valence-electron chi connectivity index (χ1n) is 10.2. The number of hydrogen-bond donors (Lipinski definition) is 0. The van der Waals surface area contributed by atoms with Gasteiger partial charge in [0.05, 0.1) is 18.5 Å². The first-order chi connectivity index (χ1) is 14.3. The molecule has 0 saturated carbocycles. The number of furan rings is 1. The summed E-state index contributed by atoms with van der Waals surface area (Å²) in [5, 5.41) is 6.85. The van der Waals surface area contributed by atoms with E-state index in [0.29, 0.717) is 6.04 Å². The average molecular weight is 383 g/mol. The molecule has 29 heavy (non-hydrogen) atoms. The lowest BCUT2D eigenvalue weighted by Gasteiger charge is -2.37. The van der Waals surface area contributed by atoms with Crippen molar-refractivity contribution in [2.75, 3.05) is 26.2 Å². The van der Waals surface area contributed by atoms with Gasteiger partial charge in [-0.3, -0.25) is 9.91 Å². The quantitative estimate of drug-likeness (QED) is 0.591. The van der Waals surface area contributed by atoms with Crippen LogP contribution in [0.15, 0.2) is 82.0 Å². The van der Waals surface area contributed by atoms with Crippen molar-refractivity contribution in [1.82, 2.24) is 9.91 Å². The molecule has 0 radical (unpaired) electrons. The van der Waals surface area contributed by atoms with Gasteiger partial charge in [0.2, 0.25) is 0 Å². The summed E-state index contributed by atoms with van der Waals surface area (Å²) in [5.41, 5.74) is 6.71. The van der Waals surface area contributed by atoms with E-state index in [1.165, 1.54) is 22.3 Å². The molecule has 3 aromatic rings. The van der Waals surface area contributed by atoms with Crippen LogP contribution in [0.1, 0.15) is 29.9 Å². The van der Waals surface area contributed by atoms with Crippen molar-refractivity contribution < 1.29 is 4.42 Å². The fourth-order valence-corrected chi connectivity index (χ4v) is 4.42. The molecule has 1 aliphatic heterocycles. The van der Waals surface area contributed by atoms with Crippen LogP contribution in [0.5, 0.6) is 0 Å². The number of hydrazone groups is 1. The Morgan fingerprint density at radius 3 is 2.17 bits per heavy atom. The normalized spacial score (nSPS) is 17.7. The summed E-state index contributed by atoms with van der Waals surface area (Å²) in [5.74, 6) is 0.859. The van der Waals surface area contributed by atoms with Crippen LogP contribution < -0.4 is 0 Å². The van der Waals surface area contributed by atoms with Gasteiger partial charge in [-0.25, -0.2) is 0 Å². The van der Waals surface area contributed by atoms with Crippen LogP contribution in [0.2, 0.25) is 0 Å². The lowest BCUT2D eigenvalue weighted by atomic mass is 10.0. The van der Waals surface area contributed by atoms with Gasteiger partial charge in [-0.05, 0) is 53.0 Å². The van der Waals surface area contributed by atoms with Gasteiger partial charge in [-0.1, -0.05) is 48.5 Å². The van der Waals surface area contributed by atoms with E-state index in [9.17, 15) is 0 Å². The minimum atomic E-state index is 0.356. The van der Waals surface area contributed by atoms with Crippen LogP contribution >= 0.6 is 0 Å². The highest BCUT2D eigenvalue weighted by Crippen LogP contribution is 2.46. The van der Waals surface area contributed by atoms with Crippen molar-refractivity contribution in [3.05, 3.63) is 89.4 Å². The Balaban J connectivity index is 1.28.